The number of carbonyl (C=O) groups excluding carboxylic acids is 2. The first-order valence-electron chi connectivity index (χ1n) is 12.1. The first-order chi connectivity index (χ1) is 17.0. The highest BCUT2D eigenvalue weighted by molar-refractivity contribution is 7.22. The number of piperidine rings is 1. The van der Waals surface area contributed by atoms with Crippen molar-refractivity contribution in [2.24, 2.45) is 11.8 Å². The third-order valence-electron chi connectivity index (χ3n) is 7.13. The number of thiazole rings is 1. The standard InChI is InChI=1S/C26H28N4O4S/c1-16-6-8-29(9-7-16)13-17-2-4-20-23(10-17)35-26(27-20)28-25(32)18-11-24(31)30(14-18)19-3-5-21-22(12-19)34-15-33-21/h2-5,10,12,16,18H,6-9,11,13-15H2,1H3,(H,27,28,32). The van der Waals surface area contributed by atoms with Crippen LogP contribution in [0.15, 0.2) is 36.4 Å². The number of likely N-dealkylation sites (tertiary alicyclic amines) is 1. The summed E-state index contributed by atoms with van der Waals surface area (Å²) in [4.78, 5) is 34.4. The van der Waals surface area contributed by atoms with Crippen LogP contribution in [0.5, 0.6) is 11.5 Å². The number of aromatic nitrogens is 1. The number of fused-ring (bicyclic) bond motifs is 2. The van der Waals surface area contributed by atoms with Gasteiger partial charge >= 0.3 is 0 Å². The molecule has 1 atom stereocenters. The lowest BCUT2D eigenvalue weighted by molar-refractivity contribution is -0.122. The molecule has 2 amide bonds. The van der Waals surface area contributed by atoms with Crippen LogP contribution in [0.25, 0.3) is 10.2 Å². The number of nitrogens with one attached hydrogen (secondary N) is 1. The van der Waals surface area contributed by atoms with Crippen molar-refractivity contribution in [2.75, 3.05) is 36.6 Å². The fourth-order valence-corrected chi connectivity index (χ4v) is 5.93. The zero-order valence-corrected chi connectivity index (χ0v) is 20.5. The first kappa shape index (κ1) is 22.3. The zero-order valence-electron chi connectivity index (χ0n) is 19.7. The molecule has 8 nitrogen and oxygen atoms in total. The zero-order chi connectivity index (χ0) is 23.9. The molecule has 0 radical (unpaired) electrons. The van der Waals surface area contributed by atoms with E-state index in [0.717, 1.165) is 35.8 Å². The van der Waals surface area contributed by atoms with Crippen molar-refractivity contribution in [1.82, 2.24) is 9.88 Å². The van der Waals surface area contributed by atoms with Gasteiger partial charge in [-0.15, -0.1) is 0 Å². The van der Waals surface area contributed by atoms with Gasteiger partial charge in [-0.25, -0.2) is 4.98 Å². The number of carbonyl (C=O) groups is 2. The Morgan fingerprint density at radius 1 is 1.14 bits per heavy atom. The van der Waals surface area contributed by atoms with E-state index in [2.05, 4.69) is 34.3 Å². The van der Waals surface area contributed by atoms with Gasteiger partial charge in [-0.05, 0) is 61.7 Å². The predicted molar refractivity (Wildman–Crippen MR) is 135 cm³/mol. The lowest BCUT2D eigenvalue weighted by atomic mass is 9.99. The second-order valence-electron chi connectivity index (χ2n) is 9.71. The van der Waals surface area contributed by atoms with Gasteiger partial charge < -0.3 is 19.7 Å². The van der Waals surface area contributed by atoms with Crippen LogP contribution >= 0.6 is 11.3 Å². The highest BCUT2D eigenvalue weighted by Crippen LogP contribution is 2.37. The summed E-state index contributed by atoms with van der Waals surface area (Å²) in [5.74, 6) is 1.41. The highest BCUT2D eigenvalue weighted by Gasteiger charge is 2.36. The normalized spacial score (nSPS) is 20.7. The molecule has 1 unspecified atom stereocenters. The van der Waals surface area contributed by atoms with Crippen LogP contribution < -0.4 is 19.7 Å². The van der Waals surface area contributed by atoms with E-state index in [1.54, 1.807) is 17.0 Å². The van der Waals surface area contributed by atoms with E-state index in [9.17, 15) is 9.59 Å². The molecule has 2 fully saturated rings. The molecule has 3 aromatic rings. The second-order valence-corrected chi connectivity index (χ2v) is 10.7. The van der Waals surface area contributed by atoms with Crippen LogP contribution in [0, 0.1) is 11.8 Å². The van der Waals surface area contributed by atoms with Crippen LogP contribution in [0.3, 0.4) is 0 Å². The molecule has 182 valence electrons. The van der Waals surface area contributed by atoms with Crippen molar-refractivity contribution in [3.05, 3.63) is 42.0 Å². The average Bonchev–Trinajstić information content (AvgIpc) is 3.57. The minimum Gasteiger partial charge on any atom is -0.454 e. The van der Waals surface area contributed by atoms with Crippen LogP contribution in [0.4, 0.5) is 10.8 Å². The van der Waals surface area contributed by atoms with Gasteiger partial charge in [0.25, 0.3) is 0 Å². The summed E-state index contributed by atoms with van der Waals surface area (Å²) in [6.07, 6.45) is 2.69. The Morgan fingerprint density at radius 2 is 1.97 bits per heavy atom. The van der Waals surface area contributed by atoms with Gasteiger partial charge in [-0.3, -0.25) is 14.5 Å². The summed E-state index contributed by atoms with van der Waals surface area (Å²) < 4.78 is 11.8. The van der Waals surface area contributed by atoms with Gasteiger partial charge in [0.15, 0.2) is 16.6 Å². The van der Waals surface area contributed by atoms with Gasteiger partial charge in [0.05, 0.1) is 16.1 Å². The van der Waals surface area contributed by atoms with Crippen molar-refractivity contribution in [1.29, 1.82) is 0 Å². The molecule has 0 saturated carbocycles. The molecule has 0 aliphatic carbocycles. The minimum absolute atomic E-state index is 0.0786. The Labute approximate surface area is 207 Å². The molecular weight excluding hydrogens is 464 g/mol. The van der Waals surface area contributed by atoms with Crippen molar-refractivity contribution < 1.29 is 19.1 Å². The molecule has 1 N–H and O–H groups in total. The van der Waals surface area contributed by atoms with Crippen molar-refractivity contribution in [3.63, 3.8) is 0 Å². The number of hydrogen-bond donors (Lipinski definition) is 1. The fourth-order valence-electron chi connectivity index (χ4n) is 4.99. The number of amides is 2. The second kappa shape index (κ2) is 9.13. The molecule has 3 aliphatic heterocycles. The number of anilines is 2. The molecule has 9 heteroatoms. The third kappa shape index (κ3) is 4.58. The molecular formula is C26H28N4O4S. The van der Waals surface area contributed by atoms with Crippen molar-refractivity contribution >= 4 is 44.2 Å². The van der Waals surface area contributed by atoms with Crippen LogP contribution in [-0.2, 0) is 16.1 Å². The Bertz CT molecular complexity index is 1280. The summed E-state index contributed by atoms with van der Waals surface area (Å²) in [5, 5.41) is 3.52. The third-order valence-corrected chi connectivity index (χ3v) is 8.06. The summed E-state index contributed by atoms with van der Waals surface area (Å²) in [7, 11) is 0. The topological polar surface area (TPSA) is 84.0 Å². The van der Waals surface area contributed by atoms with E-state index >= 15 is 0 Å². The van der Waals surface area contributed by atoms with Crippen molar-refractivity contribution in [3.8, 4) is 11.5 Å². The van der Waals surface area contributed by atoms with Crippen LogP contribution in [-0.4, -0.2) is 48.1 Å². The summed E-state index contributed by atoms with van der Waals surface area (Å²) >= 11 is 1.48. The lowest BCUT2D eigenvalue weighted by Crippen LogP contribution is -2.32. The summed E-state index contributed by atoms with van der Waals surface area (Å²) in [6, 6.07) is 11.7. The molecule has 35 heavy (non-hydrogen) atoms. The number of nitrogens with zero attached hydrogens (tertiary/aromatic N) is 3. The van der Waals surface area contributed by atoms with E-state index in [1.807, 2.05) is 12.1 Å². The van der Waals surface area contributed by atoms with Gasteiger partial charge in [-0.1, -0.05) is 24.3 Å². The maximum absolute atomic E-state index is 13.0. The maximum Gasteiger partial charge on any atom is 0.231 e. The number of benzene rings is 2. The highest BCUT2D eigenvalue weighted by atomic mass is 32.1. The number of rotatable bonds is 5. The monoisotopic (exact) mass is 492 g/mol. The maximum atomic E-state index is 13.0. The molecule has 6 rings (SSSR count). The molecule has 3 aliphatic rings. The van der Waals surface area contributed by atoms with E-state index < -0.39 is 5.92 Å². The van der Waals surface area contributed by atoms with E-state index in [-0.39, 0.29) is 25.0 Å². The Kier molecular flexibility index (Phi) is 5.82. The number of hydrogen-bond acceptors (Lipinski definition) is 7. The number of ether oxygens (including phenoxy) is 2. The average molecular weight is 493 g/mol. The van der Waals surface area contributed by atoms with Gasteiger partial charge in [0.2, 0.25) is 18.6 Å². The first-order valence-corrected chi connectivity index (χ1v) is 13.0. The minimum atomic E-state index is -0.433. The Balaban J connectivity index is 1.10. The van der Waals surface area contributed by atoms with E-state index in [4.69, 9.17) is 9.47 Å². The quantitative estimate of drug-likeness (QED) is 0.573. The molecule has 2 saturated heterocycles. The summed E-state index contributed by atoms with van der Waals surface area (Å²) in [5.41, 5.74) is 2.87. The largest absolute Gasteiger partial charge is 0.454 e. The Hall–Kier alpha value is -3.17. The molecule has 1 aromatic heterocycles. The summed E-state index contributed by atoms with van der Waals surface area (Å²) in [6.45, 7) is 6.07. The molecule has 0 spiro atoms. The van der Waals surface area contributed by atoms with E-state index in [1.165, 1.54) is 29.7 Å². The fraction of sp³-hybridized carbons (Fsp3) is 0.423. The molecule has 2 aromatic carbocycles. The molecule has 4 heterocycles. The van der Waals surface area contributed by atoms with E-state index in [0.29, 0.717) is 28.9 Å². The molecule has 0 bridgehead atoms. The van der Waals surface area contributed by atoms with Crippen LogP contribution in [0.2, 0.25) is 0 Å². The van der Waals surface area contributed by atoms with Gasteiger partial charge in [0, 0.05) is 31.3 Å². The Morgan fingerprint density at radius 3 is 2.83 bits per heavy atom. The van der Waals surface area contributed by atoms with Crippen molar-refractivity contribution in [2.45, 2.75) is 32.7 Å². The predicted octanol–water partition coefficient (Wildman–Crippen LogP) is 4.25. The smallest absolute Gasteiger partial charge is 0.231 e. The SMILES string of the molecule is CC1CCN(Cc2ccc3nc(NC(=O)C4CC(=O)N(c5ccc6c(c5)OCO6)C4)sc3c2)CC1. The van der Waals surface area contributed by atoms with Gasteiger partial charge in [0.1, 0.15) is 0 Å². The van der Waals surface area contributed by atoms with Gasteiger partial charge in [-0.2, -0.15) is 0 Å². The van der Waals surface area contributed by atoms with Crippen LogP contribution in [0.1, 0.15) is 31.7 Å². The lowest BCUT2D eigenvalue weighted by Gasteiger charge is -2.30.